The van der Waals surface area contributed by atoms with Gasteiger partial charge in [-0.2, -0.15) is 0 Å². The third-order valence-electron chi connectivity index (χ3n) is 6.23. The standard InChI is InChI=1S/C29H28N2O2/c1-29(2)17-24-27(25(32)18-29)23(15-20-9-5-3-6-10-20)28(31-24)22-13-14-30-26(16-22)33-19-21-11-7-4-8-12-21/h3-14,16,31H,15,17-19H2,1-2H3. The van der Waals surface area contributed by atoms with Gasteiger partial charge in [-0.1, -0.05) is 74.5 Å². The summed E-state index contributed by atoms with van der Waals surface area (Å²) in [5, 5.41) is 0. The van der Waals surface area contributed by atoms with E-state index in [4.69, 9.17) is 4.74 Å². The molecule has 0 saturated carbocycles. The molecule has 0 unspecified atom stereocenters. The van der Waals surface area contributed by atoms with Crippen LogP contribution in [0.1, 0.15) is 53.0 Å². The Balaban J connectivity index is 1.53. The van der Waals surface area contributed by atoms with Gasteiger partial charge in [-0.05, 0) is 34.6 Å². The van der Waals surface area contributed by atoms with Crippen molar-refractivity contribution in [3.63, 3.8) is 0 Å². The van der Waals surface area contributed by atoms with E-state index in [0.717, 1.165) is 40.1 Å². The smallest absolute Gasteiger partial charge is 0.214 e. The number of fused-ring (bicyclic) bond motifs is 1. The molecule has 0 amide bonds. The Morgan fingerprint density at radius 2 is 1.64 bits per heavy atom. The summed E-state index contributed by atoms with van der Waals surface area (Å²) < 4.78 is 5.98. The van der Waals surface area contributed by atoms with Gasteiger partial charge in [0.25, 0.3) is 0 Å². The minimum atomic E-state index is -0.0432. The number of nitrogens with one attached hydrogen (secondary N) is 1. The van der Waals surface area contributed by atoms with Crippen LogP contribution in [0.4, 0.5) is 0 Å². The number of carbonyl (C=O) groups excluding carboxylic acids is 1. The van der Waals surface area contributed by atoms with Crippen molar-refractivity contribution in [1.29, 1.82) is 0 Å². The van der Waals surface area contributed by atoms with Crippen molar-refractivity contribution in [2.75, 3.05) is 0 Å². The maximum atomic E-state index is 13.2. The van der Waals surface area contributed by atoms with Crippen LogP contribution in [-0.2, 0) is 19.4 Å². The summed E-state index contributed by atoms with van der Waals surface area (Å²) in [6.45, 7) is 4.78. The predicted octanol–water partition coefficient (Wildman–Crippen LogP) is 6.40. The molecule has 1 aliphatic rings. The number of benzene rings is 2. The lowest BCUT2D eigenvalue weighted by Crippen LogP contribution is -2.27. The molecule has 1 N–H and O–H groups in total. The fourth-order valence-corrected chi connectivity index (χ4v) is 4.73. The second-order valence-electron chi connectivity index (χ2n) is 9.59. The third-order valence-corrected chi connectivity index (χ3v) is 6.23. The van der Waals surface area contributed by atoms with Crippen LogP contribution in [0, 0.1) is 5.41 Å². The van der Waals surface area contributed by atoms with E-state index in [1.165, 1.54) is 5.56 Å². The number of nitrogens with zero attached hydrogens (tertiary/aromatic N) is 1. The first-order chi connectivity index (χ1) is 16.0. The van der Waals surface area contributed by atoms with Crippen molar-refractivity contribution >= 4 is 5.78 Å². The quantitative estimate of drug-likeness (QED) is 0.380. The zero-order chi connectivity index (χ0) is 22.8. The van der Waals surface area contributed by atoms with E-state index in [1.54, 1.807) is 6.20 Å². The van der Waals surface area contributed by atoms with Crippen molar-refractivity contribution < 1.29 is 9.53 Å². The monoisotopic (exact) mass is 436 g/mol. The van der Waals surface area contributed by atoms with Crippen molar-refractivity contribution in [2.45, 2.75) is 39.7 Å². The topological polar surface area (TPSA) is 55.0 Å². The van der Waals surface area contributed by atoms with E-state index in [0.29, 0.717) is 25.3 Å². The van der Waals surface area contributed by atoms with E-state index >= 15 is 0 Å². The molecule has 166 valence electrons. The number of ether oxygens (including phenoxy) is 1. The number of hydrogen-bond acceptors (Lipinski definition) is 3. The molecule has 0 fully saturated rings. The van der Waals surface area contributed by atoms with Crippen LogP contribution in [0.5, 0.6) is 5.88 Å². The summed E-state index contributed by atoms with van der Waals surface area (Å²) in [4.78, 5) is 21.3. The molecule has 0 bridgehead atoms. The van der Waals surface area contributed by atoms with Gasteiger partial charge in [0.15, 0.2) is 5.78 Å². The van der Waals surface area contributed by atoms with Crippen molar-refractivity contribution in [3.05, 3.63) is 107 Å². The van der Waals surface area contributed by atoms with Gasteiger partial charge in [-0.25, -0.2) is 4.98 Å². The molecular weight excluding hydrogens is 408 g/mol. The lowest BCUT2D eigenvalue weighted by atomic mass is 9.75. The molecule has 1 aliphatic carbocycles. The highest BCUT2D eigenvalue weighted by Crippen LogP contribution is 2.40. The number of Topliss-reactive ketones (excluding diaryl/α,β-unsaturated/α-hetero) is 1. The van der Waals surface area contributed by atoms with Crippen LogP contribution in [0.2, 0.25) is 0 Å². The van der Waals surface area contributed by atoms with Crippen LogP contribution >= 0.6 is 0 Å². The molecule has 0 spiro atoms. The number of ketones is 1. The maximum Gasteiger partial charge on any atom is 0.214 e. The van der Waals surface area contributed by atoms with Crippen molar-refractivity contribution in [1.82, 2.24) is 9.97 Å². The largest absolute Gasteiger partial charge is 0.473 e. The van der Waals surface area contributed by atoms with Crippen LogP contribution < -0.4 is 4.74 Å². The number of carbonyl (C=O) groups is 1. The summed E-state index contributed by atoms with van der Waals surface area (Å²) in [5.41, 5.74) is 7.19. The normalized spacial score (nSPS) is 14.7. The highest BCUT2D eigenvalue weighted by atomic mass is 16.5. The van der Waals surface area contributed by atoms with E-state index in [1.807, 2.05) is 60.7 Å². The van der Waals surface area contributed by atoms with Gasteiger partial charge in [-0.15, -0.1) is 0 Å². The van der Waals surface area contributed by atoms with Gasteiger partial charge in [0.05, 0.1) is 5.69 Å². The Labute approximate surface area is 194 Å². The molecule has 4 aromatic rings. The number of aromatic amines is 1. The lowest BCUT2D eigenvalue weighted by Gasteiger charge is -2.28. The van der Waals surface area contributed by atoms with Gasteiger partial charge in [0, 0.05) is 41.9 Å². The molecule has 4 nitrogen and oxygen atoms in total. The summed E-state index contributed by atoms with van der Waals surface area (Å²) in [7, 11) is 0. The second kappa shape index (κ2) is 8.70. The average Bonchev–Trinajstić information content (AvgIpc) is 3.16. The molecule has 33 heavy (non-hydrogen) atoms. The molecule has 2 aromatic carbocycles. The Morgan fingerprint density at radius 1 is 0.939 bits per heavy atom. The van der Waals surface area contributed by atoms with Gasteiger partial charge >= 0.3 is 0 Å². The van der Waals surface area contributed by atoms with E-state index < -0.39 is 0 Å². The van der Waals surface area contributed by atoms with Crippen molar-refractivity contribution in [2.24, 2.45) is 5.41 Å². The number of rotatable bonds is 6. The fourth-order valence-electron chi connectivity index (χ4n) is 4.73. The first kappa shape index (κ1) is 21.2. The molecule has 2 heterocycles. The van der Waals surface area contributed by atoms with Gasteiger partial charge in [-0.3, -0.25) is 4.79 Å². The summed E-state index contributed by atoms with van der Waals surface area (Å²) >= 11 is 0. The molecular formula is C29H28N2O2. The van der Waals surface area contributed by atoms with Crippen LogP contribution in [0.15, 0.2) is 79.0 Å². The number of H-pyrrole nitrogens is 1. The molecule has 0 aliphatic heterocycles. The van der Waals surface area contributed by atoms with Crippen LogP contribution in [0.3, 0.4) is 0 Å². The first-order valence-electron chi connectivity index (χ1n) is 11.4. The average molecular weight is 437 g/mol. The highest BCUT2D eigenvalue weighted by Gasteiger charge is 2.35. The van der Waals surface area contributed by atoms with Crippen LogP contribution in [0.25, 0.3) is 11.3 Å². The fraction of sp³-hybridized carbons (Fsp3) is 0.241. The minimum Gasteiger partial charge on any atom is -0.473 e. The highest BCUT2D eigenvalue weighted by molar-refractivity contribution is 6.02. The van der Waals surface area contributed by atoms with E-state index in [9.17, 15) is 4.79 Å². The maximum absolute atomic E-state index is 13.2. The molecule has 4 heteroatoms. The second-order valence-corrected chi connectivity index (χ2v) is 9.59. The third kappa shape index (κ3) is 4.61. The zero-order valence-electron chi connectivity index (χ0n) is 19.1. The van der Waals surface area contributed by atoms with Crippen molar-refractivity contribution in [3.8, 4) is 17.1 Å². The first-order valence-corrected chi connectivity index (χ1v) is 11.4. The van der Waals surface area contributed by atoms with Gasteiger partial charge < -0.3 is 9.72 Å². The summed E-state index contributed by atoms with van der Waals surface area (Å²) in [5.74, 6) is 0.797. The van der Waals surface area contributed by atoms with Crippen LogP contribution in [-0.4, -0.2) is 15.8 Å². The zero-order valence-corrected chi connectivity index (χ0v) is 19.1. The SMILES string of the molecule is CC1(C)CC(=O)c2c([nH]c(-c3ccnc(OCc4ccccc4)c3)c2Cc2ccccc2)C1. The summed E-state index contributed by atoms with van der Waals surface area (Å²) in [6, 6.07) is 24.3. The Morgan fingerprint density at radius 3 is 2.36 bits per heavy atom. The molecule has 0 saturated heterocycles. The lowest BCUT2D eigenvalue weighted by molar-refractivity contribution is 0.0911. The number of pyridine rings is 1. The molecule has 0 atom stereocenters. The van der Waals surface area contributed by atoms with Gasteiger partial charge in [0.2, 0.25) is 5.88 Å². The van der Waals surface area contributed by atoms with Gasteiger partial charge in [0.1, 0.15) is 6.61 Å². The minimum absolute atomic E-state index is 0.0432. The Bertz CT molecular complexity index is 1270. The Kier molecular flexibility index (Phi) is 5.59. The molecule has 5 rings (SSSR count). The van der Waals surface area contributed by atoms with E-state index in [2.05, 4.69) is 35.9 Å². The molecule has 2 aromatic heterocycles. The van der Waals surface area contributed by atoms with E-state index in [-0.39, 0.29) is 11.2 Å². The molecule has 0 radical (unpaired) electrons. The summed E-state index contributed by atoms with van der Waals surface area (Å²) in [6.07, 6.45) is 3.91. The number of hydrogen-bond donors (Lipinski definition) is 1. The predicted molar refractivity (Wildman–Crippen MR) is 130 cm³/mol. The Hall–Kier alpha value is -3.66. The number of aromatic nitrogens is 2.